The van der Waals surface area contributed by atoms with E-state index in [1.807, 2.05) is 43.3 Å². The molecule has 0 saturated carbocycles. The van der Waals surface area contributed by atoms with E-state index in [0.717, 1.165) is 5.56 Å². The van der Waals surface area contributed by atoms with Crippen LogP contribution in [0, 0.1) is 0 Å². The van der Waals surface area contributed by atoms with Gasteiger partial charge in [-0.3, -0.25) is 4.79 Å². The van der Waals surface area contributed by atoms with Crippen molar-refractivity contribution in [1.82, 2.24) is 0 Å². The number of benzene rings is 2. The lowest BCUT2D eigenvalue weighted by molar-refractivity contribution is -0.122. The van der Waals surface area contributed by atoms with Crippen molar-refractivity contribution < 1.29 is 14.3 Å². The molecule has 2 aromatic carbocycles. The smallest absolute Gasteiger partial charge is 0.265 e. The summed E-state index contributed by atoms with van der Waals surface area (Å²) in [5, 5.41) is 3.36. The van der Waals surface area contributed by atoms with Gasteiger partial charge in [0.1, 0.15) is 5.75 Å². The molecular formula is C18H20ClNO3. The molecule has 0 bridgehead atoms. The Hall–Kier alpha value is -2.04. The minimum absolute atomic E-state index is 0.206. The summed E-state index contributed by atoms with van der Waals surface area (Å²) in [5.41, 5.74) is 1.70. The lowest BCUT2D eigenvalue weighted by Crippen LogP contribution is -2.32. The van der Waals surface area contributed by atoms with Crippen molar-refractivity contribution >= 4 is 23.2 Å². The zero-order valence-corrected chi connectivity index (χ0v) is 14.0. The molecule has 1 amide bonds. The molecule has 0 aliphatic heterocycles. The highest BCUT2D eigenvalue weighted by molar-refractivity contribution is 6.32. The molecule has 1 atom stereocenters. The van der Waals surface area contributed by atoms with Crippen LogP contribution < -0.4 is 10.1 Å². The third-order valence-corrected chi connectivity index (χ3v) is 3.59. The lowest BCUT2D eigenvalue weighted by Gasteiger charge is -2.18. The number of halogens is 1. The van der Waals surface area contributed by atoms with Gasteiger partial charge in [-0.25, -0.2) is 0 Å². The van der Waals surface area contributed by atoms with E-state index in [-0.39, 0.29) is 5.91 Å². The van der Waals surface area contributed by atoms with E-state index in [9.17, 15) is 4.79 Å². The minimum Gasteiger partial charge on any atom is -0.479 e. The van der Waals surface area contributed by atoms with E-state index in [0.29, 0.717) is 29.5 Å². The summed E-state index contributed by atoms with van der Waals surface area (Å²) in [7, 11) is 1.63. The summed E-state index contributed by atoms with van der Waals surface area (Å²) in [6.07, 6.45) is -0.0737. The van der Waals surface area contributed by atoms with Gasteiger partial charge in [0.2, 0.25) is 0 Å². The number of carbonyl (C=O) groups is 1. The van der Waals surface area contributed by atoms with Crippen molar-refractivity contribution in [3.8, 4) is 5.75 Å². The van der Waals surface area contributed by atoms with Gasteiger partial charge in [-0.05, 0) is 36.2 Å². The molecule has 122 valence electrons. The third kappa shape index (κ3) is 4.98. The molecule has 0 unspecified atom stereocenters. The number of anilines is 1. The molecule has 0 aliphatic rings. The van der Waals surface area contributed by atoms with Crippen LogP contribution >= 0.6 is 11.6 Å². The molecule has 2 aromatic rings. The van der Waals surface area contributed by atoms with Gasteiger partial charge in [-0.15, -0.1) is 0 Å². The Balaban J connectivity index is 2.05. The van der Waals surface area contributed by atoms with Gasteiger partial charge in [0.25, 0.3) is 5.91 Å². The second kappa shape index (κ2) is 8.56. The molecule has 0 heterocycles. The first-order valence-corrected chi connectivity index (χ1v) is 7.81. The Bertz CT molecular complexity index is 660. The van der Waals surface area contributed by atoms with E-state index in [1.165, 1.54) is 0 Å². The standard InChI is InChI=1S/C18H20ClNO3/c1-3-16(23-17-10-5-4-9-15(17)19)18(21)20-14-8-6-7-13(11-14)12-22-2/h4-11,16H,3,12H2,1-2H3,(H,20,21)/t16-/m1/s1. The van der Waals surface area contributed by atoms with Crippen molar-refractivity contribution in [2.45, 2.75) is 26.1 Å². The average molecular weight is 334 g/mol. The summed E-state index contributed by atoms with van der Waals surface area (Å²) in [6.45, 7) is 2.39. The lowest BCUT2D eigenvalue weighted by atomic mass is 10.2. The first-order valence-electron chi connectivity index (χ1n) is 7.44. The Morgan fingerprint density at radius 2 is 2.00 bits per heavy atom. The number of carbonyl (C=O) groups excluding carboxylic acids is 1. The third-order valence-electron chi connectivity index (χ3n) is 3.27. The molecule has 2 rings (SSSR count). The van der Waals surface area contributed by atoms with Crippen LogP contribution in [0.4, 0.5) is 5.69 Å². The predicted octanol–water partition coefficient (Wildman–Crippen LogP) is 4.28. The maximum atomic E-state index is 12.4. The van der Waals surface area contributed by atoms with Crippen LogP contribution in [0.25, 0.3) is 0 Å². The van der Waals surface area contributed by atoms with Crippen molar-refractivity contribution in [2.75, 3.05) is 12.4 Å². The molecule has 0 spiro atoms. The Labute approximate surface area is 141 Å². The highest BCUT2D eigenvalue weighted by Crippen LogP contribution is 2.25. The van der Waals surface area contributed by atoms with Gasteiger partial charge in [-0.2, -0.15) is 0 Å². The molecule has 0 fully saturated rings. The summed E-state index contributed by atoms with van der Waals surface area (Å²) in [6, 6.07) is 14.6. The first-order chi connectivity index (χ1) is 11.1. The van der Waals surface area contributed by atoms with Crippen LogP contribution in [-0.4, -0.2) is 19.1 Å². The zero-order valence-electron chi connectivity index (χ0n) is 13.2. The maximum absolute atomic E-state index is 12.4. The van der Waals surface area contributed by atoms with Crippen molar-refractivity contribution in [3.63, 3.8) is 0 Å². The SMILES string of the molecule is CC[C@@H](Oc1ccccc1Cl)C(=O)Nc1cccc(COC)c1. The van der Waals surface area contributed by atoms with Crippen LogP contribution in [0.1, 0.15) is 18.9 Å². The van der Waals surface area contributed by atoms with E-state index >= 15 is 0 Å². The largest absolute Gasteiger partial charge is 0.479 e. The molecular weight excluding hydrogens is 314 g/mol. The quantitative estimate of drug-likeness (QED) is 0.822. The van der Waals surface area contributed by atoms with Crippen LogP contribution in [0.5, 0.6) is 5.75 Å². The van der Waals surface area contributed by atoms with Gasteiger partial charge in [0, 0.05) is 12.8 Å². The Morgan fingerprint density at radius 1 is 1.22 bits per heavy atom. The summed E-state index contributed by atoms with van der Waals surface area (Å²) in [4.78, 5) is 12.4. The van der Waals surface area contributed by atoms with Crippen molar-refractivity contribution in [3.05, 3.63) is 59.1 Å². The van der Waals surface area contributed by atoms with Gasteiger partial charge in [-0.1, -0.05) is 42.8 Å². The number of rotatable bonds is 7. The van der Waals surface area contributed by atoms with E-state index in [4.69, 9.17) is 21.1 Å². The number of nitrogens with one attached hydrogen (secondary N) is 1. The van der Waals surface area contributed by atoms with Crippen LogP contribution in [0.15, 0.2) is 48.5 Å². The van der Waals surface area contributed by atoms with E-state index in [2.05, 4.69) is 5.32 Å². The molecule has 23 heavy (non-hydrogen) atoms. The first kappa shape index (κ1) is 17.3. The van der Waals surface area contributed by atoms with Gasteiger partial charge >= 0.3 is 0 Å². The minimum atomic E-state index is -0.610. The number of hydrogen-bond donors (Lipinski definition) is 1. The molecule has 0 saturated heterocycles. The Morgan fingerprint density at radius 3 is 2.70 bits per heavy atom. The van der Waals surface area contributed by atoms with Crippen molar-refractivity contribution in [2.24, 2.45) is 0 Å². The van der Waals surface area contributed by atoms with E-state index < -0.39 is 6.10 Å². The average Bonchev–Trinajstić information content (AvgIpc) is 2.54. The van der Waals surface area contributed by atoms with Crippen LogP contribution in [0.3, 0.4) is 0 Å². The molecule has 0 radical (unpaired) electrons. The van der Waals surface area contributed by atoms with Crippen LogP contribution in [-0.2, 0) is 16.1 Å². The fourth-order valence-electron chi connectivity index (χ4n) is 2.14. The summed E-state index contributed by atoms with van der Waals surface area (Å²) in [5.74, 6) is 0.297. The molecule has 4 nitrogen and oxygen atoms in total. The van der Waals surface area contributed by atoms with Crippen LogP contribution in [0.2, 0.25) is 5.02 Å². The van der Waals surface area contributed by atoms with Crippen molar-refractivity contribution in [1.29, 1.82) is 0 Å². The highest BCUT2D eigenvalue weighted by atomic mass is 35.5. The highest BCUT2D eigenvalue weighted by Gasteiger charge is 2.19. The predicted molar refractivity (Wildman–Crippen MR) is 91.9 cm³/mol. The molecule has 1 N–H and O–H groups in total. The number of amides is 1. The summed E-state index contributed by atoms with van der Waals surface area (Å²) < 4.78 is 10.8. The number of methoxy groups -OCH3 is 1. The normalized spacial score (nSPS) is 11.8. The van der Waals surface area contributed by atoms with Gasteiger partial charge in [0.05, 0.1) is 11.6 Å². The fourth-order valence-corrected chi connectivity index (χ4v) is 2.32. The molecule has 0 aromatic heterocycles. The van der Waals surface area contributed by atoms with E-state index in [1.54, 1.807) is 19.2 Å². The maximum Gasteiger partial charge on any atom is 0.265 e. The number of hydrogen-bond acceptors (Lipinski definition) is 3. The monoisotopic (exact) mass is 333 g/mol. The van der Waals surface area contributed by atoms with Gasteiger partial charge < -0.3 is 14.8 Å². The second-order valence-corrected chi connectivity index (χ2v) is 5.48. The summed E-state index contributed by atoms with van der Waals surface area (Å²) >= 11 is 6.08. The molecule has 5 heteroatoms. The second-order valence-electron chi connectivity index (χ2n) is 5.07. The Kier molecular flexibility index (Phi) is 6.44. The molecule has 0 aliphatic carbocycles. The number of para-hydroxylation sites is 1. The van der Waals surface area contributed by atoms with Gasteiger partial charge in [0.15, 0.2) is 6.10 Å². The topological polar surface area (TPSA) is 47.6 Å². The zero-order chi connectivity index (χ0) is 16.7. The number of ether oxygens (including phenoxy) is 2. The fraction of sp³-hybridized carbons (Fsp3) is 0.278.